The fourth-order valence-electron chi connectivity index (χ4n) is 4.68. The summed E-state index contributed by atoms with van der Waals surface area (Å²) in [7, 11) is 1.60. The SMILES string of the molecule is CNC(=O)c1ccc(N2CCN(C3CC4CCC3C4)CC2)nn1. The Balaban J connectivity index is 1.35. The highest BCUT2D eigenvalue weighted by Crippen LogP contribution is 2.46. The molecule has 6 heteroatoms. The highest BCUT2D eigenvalue weighted by molar-refractivity contribution is 5.91. The van der Waals surface area contributed by atoms with E-state index in [1.807, 2.05) is 6.07 Å². The summed E-state index contributed by atoms with van der Waals surface area (Å²) < 4.78 is 0. The van der Waals surface area contributed by atoms with Gasteiger partial charge in [0.25, 0.3) is 5.91 Å². The van der Waals surface area contributed by atoms with Gasteiger partial charge >= 0.3 is 0 Å². The molecule has 2 bridgehead atoms. The van der Waals surface area contributed by atoms with Gasteiger partial charge in [0, 0.05) is 39.3 Å². The predicted molar refractivity (Wildman–Crippen MR) is 88.4 cm³/mol. The lowest BCUT2D eigenvalue weighted by molar-refractivity contribution is 0.0957. The van der Waals surface area contributed by atoms with E-state index in [0.29, 0.717) is 5.69 Å². The minimum atomic E-state index is -0.190. The number of anilines is 1. The quantitative estimate of drug-likeness (QED) is 0.906. The largest absolute Gasteiger partial charge is 0.354 e. The zero-order valence-electron chi connectivity index (χ0n) is 13.7. The Morgan fingerprint density at radius 1 is 1.13 bits per heavy atom. The lowest BCUT2D eigenvalue weighted by Crippen LogP contribution is -2.52. The number of carbonyl (C=O) groups is 1. The molecule has 124 valence electrons. The topological polar surface area (TPSA) is 61.4 Å². The van der Waals surface area contributed by atoms with Gasteiger partial charge in [-0.15, -0.1) is 10.2 Å². The first-order valence-electron chi connectivity index (χ1n) is 8.79. The van der Waals surface area contributed by atoms with Gasteiger partial charge in [0.2, 0.25) is 0 Å². The van der Waals surface area contributed by atoms with Crippen molar-refractivity contribution in [1.29, 1.82) is 0 Å². The molecule has 23 heavy (non-hydrogen) atoms. The molecule has 0 radical (unpaired) electrons. The molecule has 3 fully saturated rings. The van der Waals surface area contributed by atoms with Gasteiger partial charge in [0.05, 0.1) is 0 Å². The Kier molecular flexibility index (Phi) is 3.93. The van der Waals surface area contributed by atoms with Crippen LogP contribution in [-0.4, -0.2) is 60.3 Å². The van der Waals surface area contributed by atoms with Crippen LogP contribution in [0.5, 0.6) is 0 Å². The van der Waals surface area contributed by atoms with E-state index >= 15 is 0 Å². The number of hydrogen-bond acceptors (Lipinski definition) is 5. The van der Waals surface area contributed by atoms with E-state index in [9.17, 15) is 4.79 Å². The number of nitrogens with zero attached hydrogens (tertiary/aromatic N) is 4. The van der Waals surface area contributed by atoms with E-state index in [4.69, 9.17) is 0 Å². The van der Waals surface area contributed by atoms with Gasteiger partial charge in [0.1, 0.15) is 0 Å². The molecule has 6 nitrogen and oxygen atoms in total. The van der Waals surface area contributed by atoms with Gasteiger partial charge in [-0.25, -0.2) is 0 Å². The van der Waals surface area contributed by atoms with Gasteiger partial charge < -0.3 is 10.2 Å². The third-order valence-electron chi connectivity index (χ3n) is 5.92. The first-order chi connectivity index (χ1) is 11.2. The highest BCUT2D eigenvalue weighted by Gasteiger charge is 2.42. The molecule has 2 saturated carbocycles. The first kappa shape index (κ1) is 14.9. The summed E-state index contributed by atoms with van der Waals surface area (Å²) in [5.74, 6) is 2.65. The molecule has 1 aromatic rings. The van der Waals surface area contributed by atoms with Gasteiger partial charge in [-0.1, -0.05) is 6.42 Å². The van der Waals surface area contributed by atoms with Crippen molar-refractivity contribution in [3.63, 3.8) is 0 Å². The van der Waals surface area contributed by atoms with Crippen LogP contribution < -0.4 is 10.2 Å². The maximum Gasteiger partial charge on any atom is 0.271 e. The summed E-state index contributed by atoms with van der Waals surface area (Å²) in [5, 5.41) is 10.8. The molecule has 0 aromatic carbocycles. The minimum Gasteiger partial charge on any atom is -0.354 e. The number of amides is 1. The van der Waals surface area contributed by atoms with Crippen LogP contribution >= 0.6 is 0 Å². The van der Waals surface area contributed by atoms with Crippen LogP contribution in [0.2, 0.25) is 0 Å². The van der Waals surface area contributed by atoms with Crippen molar-refractivity contribution in [2.45, 2.75) is 31.7 Å². The normalized spacial score (nSPS) is 30.7. The van der Waals surface area contributed by atoms with Crippen LogP contribution in [0.3, 0.4) is 0 Å². The fraction of sp³-hybridized carbons (Fsp3) is 0.706. The molecule has 2 heterocycles. The van der Waals surface area contributed by atoms with E-state index in [2.05, 4.69) is 25.3 Å². The van der Waals surface area contributed by atoms with E-state index in [-0.39, 0.29) is 5.91 Å². The molecule has 3 unspecified atom stereocenters. The Hall–Kier alpha value is -1.69. The standard InChI is InChI=1S/C17H25N5O/c1-18-17(23)14-4-5-16(20-19-14)22-8-6-21(7-9-22)15-11-12-2-3-13(15)10-12/h4-5,12-13,15H,2-3,6-11H2,1H3,(H,18,23). The molecule has 2 aliphatic carbocycles. The number of rotatable bonds is 3. The Morgan fingerprint density at radius 3 is 2.52 bits per heavy atom. The number of hydrogen-bond donors (Lipinski definition) is 1. The first-order valence-corrected chi connectivity index (χ1v) is 8.79. The van der Waals surface area contributed by atoms with Crippen molar-refractivity contribution >= 4 is 11.7 Å². The molecule has 1 N–H and O–H groups in total. The summed E-state index contributed by atoms with van der Waals surface area (Å²) in [6, 6.07) is 4.49. The van der Waals surface area contributed by atoms with Crippen LogP contribution in [0, 0.1) is 11.8 Å². The Bertz CT molecular complexity index is 567. The maximum absolute atomic E-state index is 11.5. The Morgan fingerprint density at radius 2 is 1.96 bits per heavy atom. The van der Waals surface area contributed by atoms with Crippen molar-refractivity contribution in [1.82, 2.24) is 20.4 Å². The third-order valence-corrected chi connectivity index (χ3v) is 5.92. The van der Waals surface area contributed by atoms with Crippen molar-refractivity contribution in [2.75, 3.05) is 38.1 Å². The predicted octanol–water partition coefficient (Wildman–Crippen LogP) is 1.15. The summed E-state index contributed by atoms with van der Waals surface area (Å²) in [6.45, 7) is 4.24. The highest BCUT2D eigenvalue weighted by atomic mass is 16.1. The molecule has 1 aliphatic heterocycles. The van der Waals surface area contributed by atoms with E-state index in [0.717, 1.165) is 49.9 Å². The lowest BCUT2D eigenvalue weighted by Gasteiger charge is -2.41. The number of fused-ring (bicyclic) bond motifs is 2. The molecule has 0 spiro atoms. The van der Waals surface area contributed by atoms with Gasteiger partial charge in [-0.2, -0.15) is 0 Å². The zero-order valence-corrected chi connectivity index (χ0v) is 13.7. The van der Waals surface area contributed by atoms with Crippen LogP contribution in [0.4, 0.5) is 5.82 Å². The van der Waals surface area contributed by atoms with Crippen molar-refractivity contribution in [2.24, 2.45) is 11.8 Å². The molecule has 1 amide bonds. The van der Waals surface area contributed by atoms with E-state index in [1.165, 1.54) is 25.7 Å². The number of piperazine rings is 1. The molecular weight excluding hydrogens is 290 g/mol. The van der Waals surface area contributed by atoms with Gasteiger partial charge in [-0.05, 0) is 43.2 Å². The van der Waals surface area contributed by atoms with Crippen molar-refractivity contribution in [3.05, 3.63) is 17.8 Å². The Labute approximate surface area is 137 Å². The third kappa shape index (κ3) is 2.80. The smallest absolute Gasteiger partial charge is 0.271 e. The minimum absolute atomic E-state index is 0.190. The van der Waals surface area contributed by atoms with Crippen LogP contribution in [0.25, 0.3) is 0 Å². The molecule has 3 atom stereocenters. The van der Waals surface area contributed by atoms with E-state index in [1.54, 1.807) is 13.1 Å². The van der Waals surface area contributed by atoms with Crippen LogP contribution in [0.1, 0.15) is 36.2 Å². The molecule has 3 aliphatic rings. The molecular formula is C17H25N5O. The van der Waals surface area contributed by atoms with Crippen molar-refractivity contribution < 1.29 is 4.79 Å². The second kappa shape index (κ2) is 6.07. The van der Waals surface area contributed by atoms with Crippen molar-refractivity contribution in [3.8, 4) is 0 Å². The molecule has 1 saturated heterocycles. The van der Waals surface area contributed by atoms with Crippen LogP contribution in [-0.2, 0) is 0 Å². The monoisotopic (exact) mass is 315 g/mol. The fourth-order valence-corrected chi connectivity index (χ4v) is 4.68. The summed E-state index contributed by atoms with van der Waals surface area (Å²) in [4.78, 5) is 16.5. The average molecular weight is 315 g/mol. The zero-order chi connectivity index (χ0) is 15.8. The second-order valence-electron chi connectivity index (χ2n) is 7.12. The summed E-state index contributed by atoms with van der Waals surface area (Å²) >= 11 is 0. The summed E-state index contributed by atoms with van der Waals surface area (Å²) in [5.41, 5.74) is 0.372. The number of nitrogens with one attached hydrogen (secondary N) is 1. The average Bonchev–Trinajstić information content (AvgIpc) is 3.25. The number of aromatic nitrogens is 2. The van der Waals surface area contributed by atoms with Crippen LogP contribution in [0.15, 0.2) is 12.1 Å². The van der Waals surface area contributed by atoms with Gasteiger partial charge in [0.15, 0.2) is 11.5 Å². The van der Waals surface area contributed by atoms with Gasteiger partial charge in [-0.3, -0.25) is 9.69 Å². The number of carbonyl (C=O) groups excluding carboxylic acids is 1. The lowest BCUT2D eigenvalue weighted by atomic mass is 9.93. The van der Waals surface area contributed by atoms with E-state index < -0.39 is 0 Å². The second-order valence-corrected chi connectivity index (χ2v) is 7.12. The summed E-state index contributed by atoms with van der Waals surface area (Å²) in [6.07, 6.45) is 5.80. The molecule has 4 rings (SSSR count). The molecule has 1 aromatic heterocycles. The maximum atomic E-state index is 11.5.